The molecule has 2 heterocycles. The number of benzene rings is 3. The molecule has 2 aliphatic rings. The molecule has 3 aromatic carbocycles. The molecule has 0 saturated carbocycles. The van der Waals surface area contributed by atoms with Crippen molar-refractivity contribution in [2.45, 2.75) is 39.2 Å². The summed E-state index contributed by atoms with van der Waals surface area (Å²) in [5.41, 5.74) is 9.94. The Bertz CT molecular complexity index is 1120. The summed E-state index contributed by atoms with van der Waals surface area (Å²) < 4.78 is 0. The highest BCUT2D eigenvalue weighted by molar-refractivity contribution is 5.79. The van der Waals surface area contributed by atoms with Crippen molar-refractivity contribution in [1.82, 2.24) is 4.90 Å². The molecule has 5 rings (SSSR count). The summed E-state index contributed by atoms with van der Waals surface area (Å²) in [6, 6.07) is 24.5. The normalized spacial score (nSPS) is 16.1. The molecule has 3 aromatic rings. The Labute approximate surface area is 191 Å². The second kappa shape index (κ2) is 9.18. The molecule has 0 amide bonds. The summed E-state index contributed by atoms with van der Waals surface area (Å²) in [6.07, 6.45) is 4.45. The summed E-state index contributed by atoms with van der Waals surface area (Å²) in [6.45, 7) is 7.24. The average molecular weight is 422 g/mol. The molecular formula is C29H31N3. The maximum atomic E-state index is 10.2. The van der Waals surface area contributed by atoms with E-state index in [-0.39, 0.29) is 0 Å². The Balaban J connectivity index is 1.52. The molecule has 0 radical (unpaired) electrons. The van der Waals surface area contributed by atoms with Crippen molar-refractivity contribution in [3.63, 3.8) is 0 Å². The van der Waals surface area contributed by atoms with Gasteiger partial charge >= 0.3 is 0 Å². The topological polar surface area (TPSA) is 30.3 Å². The van der Waals surface area contributed by atoms with Crippen LogP contribution in [-0.4, -0.2) is 31.1 Å². The minimum atomic E-state index is 0.917. The van der Waals surface area contributed by atoms with Gasteiger partial charge in [0.15, 0.2) is 0 Å². The number of hydrogen-bond acceptors (Lipinski definition) is 3. The van der Waals surface area contributed by atoms with Gasteiger partial charge < -0.3 is 4.90 Å². The van der Waals surface area contributed by atoms with E-state index in [1.165, 1.54) is 46.2 Å². The second-order valence-electron chi connectivity index (χ2n) is 9.21. The van der Waals surface area contributed by atoms with Gasteiger partial charge in [-0.3, -0.25) is 4.90 Å². The predicted octanol–water partition coefficient (Wildman–Crippen LogP) is 5.73. The molecule has 2 aliphatic heterocycles. The van der Waals surface area contributed by atoms with Crippen molar-refractivity contribution >= 4 is 5.69 Å². The lowest BCUT2D eigenvalue weighted by atomic mass is 9.86. The third-order valence-electron chi connectivity index (χ3n) is 7.07. The second-order valence-corrected chi connectivity index (χ2v) is 9.21. The molecule has 0 spiro atoms. The quantitative estimate of drug-likeness (QED) is 0.527. The fraction of sp³-hybridized carbons (Fsp3) is 0.345. The minimum absolute atomic E-state index is 0.917. The number of fused-ring (bicyclic) bond motifs is 1. The van der Waals surface area contributed by atoms with Crippen LogP contribution in [0.2, 0.25) is 0 Å². The van der Waals surface area contributed by atoms with E-state index in [0.29, 0.717) is 0 Å². The summed E-state index contributed by atoms with van der Waals surface area (Å²) in [5.74, 6) is 0. The highest BCUT2D eigenvalue weighted by Crippen LogP contribution is 2.39. The van der Waals surface area contributed by atoms with Crippen molar-refractivity contribution in [1.29, 1.82) is 5.26 Å². The lowest BCUT2D eigenvalue weighted by molar-refractivity contribution is 0.258. The van der Waals surface area contributed by atoms with E-state index < -0.39 is 0 Å². The number of nitrogens with zero attached hydrogens (tertiary/aromatic N) is 3. The highest BCUT2D eigenvalue weighted by Gasteiger charge is 2.27. The van der Waals surface area contributed by atoms with Crippen molar-refractivity contribution in [3.05, 3.63) is 88.5 Å². The van der Waals surface area contributed by atoms with Crippen LogP contribution in [-0.2, 0) is 19.4 Å². The van der Waals surface area contributed by atoms with Gasteiger partial charge in [-0.05, 0) is 66.5 Å². The SMILES string of the molecule is Cc1ccc(-c2cc(N3CCCC3)c(C#N)c3c2CN(CCc2ccccc2)CC3)cc1. The van der Waals surface area contributed by atoms with Crippen LogP contribution < -0.4 is 4.90 Å². The number of anilines is 1. The van der Waals surface area contributed by atoms with Crippen LogP contribution in [0.4, 0.5) is 5.69 Å². The van der Waals surface area contributed by atoms with Gasteiger partial charge in [0.2, 0.25) is 0 Å². The fourth-order valence-corrected chi connectivity index (χ4v) is 5.24. The smallest absolute Gasteiger partial charge is 0.102 e. The van der Waals surface area contributed by atoms with E-state index in [1.54, 1.807) is 0 Å². The summed E-state index contributed by atoms with van der Waals surface area (Å²) in [5, 5.41) is 10.2. The molecule has 3 nitrogen and oxygen atoms in total. The zero-order valence-electron chi connectivity index (χ0n) is 19.0. The zero-order chi connectivity index (χ0) is 21.9. The zero-order valence-corrected chi connectivity index (χ0v) is 19.0. The van der Waals surface area contributed by atoms with Crippen LogP contribution in [0.15, 0.2) is 60.7 Å². The third kappa shape index (κ3) is 4.16. The van der Waals surface area contributed by atoms with E-state index in [4.69, 9.17) is 0 Å². The van der Waals surface area contributed by atoms with Gasteiger partial charge in [0.05, 0.1) is 11.3 Å². The first-order valence-electron chi connectivity index (χ1n) is 11.9. The average Bonchev–Trinajstić information content (AvgIpc) is 3.38. The van der Waals surface area contributed by atoms with E-state index >= 15 is 0 Å². The van der Waals surface area contributed by atoms with E-state index in [1.807, 2.05) is 0 Å². The maximum absolute atomic E-state index is 10.2. The van der Waals surface area contributed by atoms with Crippen LogP contribution in [0.3, 0.4) is 0 Å². The van der Waals surface area contributed by atoms with E-state index in [0.717, 1.165) is 56.8 Å². The predicted molar refractivity (Wildman–Crippen MR) is 132 cm³/mol. The molecule has 0 atom stereocenters. The number of nitriles is 1. The maximum Gasteiger partial charge on any atom is 0.102 e. The lowest BCUT2D eigenvalue weighted by Gasteiger charge is -2.33. The first-order valence-corrected chi connectivity index (χ1v) is 11.9. The molecule has 32 heavy (non-hydrogen) atoms. The Hall–Kier alpha value is -3.09. The standard InChI is InChI=1S/C29H31N3/c1-22-9-11-24(12-10-22)26-19-29(32-15-5-6-16-32)27(20-30)25-14-18-31(21-28(25)26)17-13-23-7-3-2-4-8-23/h2-4,7-12,19H,5-6,13-18,21H2,1H3. The molecule has 0 N–H and O–H groups in total. The molecule has 0 aliphatic carbocycles. The van der Waals surface area contributed by atoms with Crippen molar-refractivity contribution in [3.8, 4) is 17.2 Å². The van der Waals surface area contributed by atoms with E-state index in [9.17, 15) is 5.26 Å². The number of aryl methyl sites for hydroxylation is 1. The van der Waals surface area contributed by atoms with Crippen molar-refractivity contribution < 1.29 is 0 Å². The monoisotopic (exact) mass is 421 g/mol. The third-order valence-corrected chi connectivity index (χ3v) is 7.07. The first-order chi connectivity index (χ1) is 15.7. The highest BCUT2D eigenvalue weighted by atomic mass is 15.1. The summed E-state index contributed by atoms with van der Waals surface area (Å²) in [7, 11) is 0. The van der Waals surface area contributed by atoms with Crippen LogP contribution in [0.25, 0.3) is 11.1 Å². The first kappa shape index (κ1) is 20.8. The largest absolute Gasteiger partial charge is 0.370 e. The molecule has 1 saturated heterocycles. The molecule has 3 heteroatoms. The fourth-order valence-electron chi connectivity index (χ4n) is 5.24. The summed E-state index contributed by atoms with van der Waals surface area (Å²) in [4.78, 5) is 4.99. The van der Waals surface area contributed by atoms with Crippen LogP contribution in [0.5, 0.6) is 0 Å². The molecule has 0 unspecified atom stereocenters. The van der Waals surface area contributed by atoms with Crippen molar-refractivity contribution in [2.75, 3.05) is 31.1 Å². The van der Waals surface area contributed by atoms with Gasteiger partial charge in [-0.15, -0.1) is 0 Å². The molecular weight excluding hydrogens is 390 g/mol. The van der Waals surface area contributed by atoms with Crippen LogP contribution >= 0.6 is 0 Å². The van der Waals surface area contributed by atoms with Gasteiger partial charge in [-0.25, -0.2) is 0 Å². The molecule has 162 valence electrons. The van der Waals surface area contributed by atoms with Gasteiger partial charge in [0.1, 0.15) is 6.07 Å². The lowest BCUT2D eigenvalue weighted by Crippen LogP contribution is -2.33. The minimum Gasteiger partial charge on any atom is -0.370 e. The van der Waals surface area contributed by atoms with E-state index in [2.05, 4.69) is 83.5 Å². The molecule has 0 bridgehead atoms. The Morgan fingerprint density at radius 2 is 1.66 bits per heavy atom. The van der Waals surface area contributed by atoms with Crippen LogP contribution in [0, 0.1) is 18.3 Å². The van der Waals surface area contributed by atoms with Gasteiger partial charge in [0.25, 0.3) is 0 Å². The Morgan fingerprint density at radius 3 is 2.38 bits per heavy atom. The van der Waals surface area contributed by atoms with Gasteiger partial charge in [0, 0.05) is 32.7 Å². The number of hydrogen-bond donors (Lipinski definition) is 0. The molecule has 0 aromatic heterocycles. The number of rotatable bonds is 5. The van der Waals surface area contributed by atoms with Gasteiger partial charge in [-0.2, -0.15) is 5.26 Å². The Morgan fingerprint density at radius 1 is 0.906 bits per heavy atom. The summed E-state index contributed by atoms with van der Waals surface area (Å²) >= 11 is 0. The van der Waals surface area contributed by atoms with Crippen LogP contribution in [0.1, 0.15) is 40.7 Å². The van der Waals surface area contributed by atoms with Crippen molar-refractivity contribution in [2.24, 2.45) is 0 Å². The molecule has 1 fully saturated rings. The Kier molecular flexibility index (Phi) is 5.97. The van der Waals surface area contributed by atoms with Gasteiger partial charge in [-0.1, -0.05) is 60.2 Å².